The second kappa shape index (κ2) is 10.8. The molecule has 0 aliphatic rings. The Morgan fingerprint density at radius 1 is 1.03 bits per heavy atom. The summed E-state index contributed by atoms with van der Waals surface area (Å²) >= 11 is 5.99. The van der Waals surface area contributed by atoms with Crippen molar-refractivity contribution in [2.24, 2.45) is 5.92 Å². The standard InChI is InChI=1S/C22H26ClNO5/c1-14(2)10-18(21(25)26)24-19(22(27)28)12-16-7-3-4-9-20(16)29-13-15-6-5-8-17(23)11-15/h3-9,11,14,18-19,24H,10,12-13H2,1-2H3,(H,25,26)(H,27,28)/t18-,19-/m0/s1. The van der Waals surface area contributed by atoms with Gasteiger partial charge in [0.1, 0.15) is 24.4 Å². The van der Waals surface area contributed by atoms with E-state index < -0.39 is 24.0 Å². The number of carboxylic acids is 2. The molecule has 2 rings (SSSR count). The highest BCUT2D eigenvalue weighted by molar-refractivity contribution is 6.30. The van der Waals surface area contributed by atoms with Crippen LogP contribution in [0.4, 0.5) is 0 Å². The molecule has 0 bridgehead atoms. The number of para-hydroxylation sites is 1. The maximum absolute atomic E-state index is 11.8. The van der Waals surface area contributed by atoms with E-state index in [0.717, 1.165) is 5.56 Å². The number of benzene rings is 2. The number of aliphatic carboxylic acids is 2. The highest BCUT2D eigenvalue weighted by Crippen LogP contribution is 2.22. The van der Waals surface area contributed by atoms with E-state index in [9.17, 15) is 19.8 Å². The maximum atomic E-state index is 11.8. The van der Waals surface area contributed by atoms with Crippen molar-refractivity contribution in [3.63, 3.8) is 0 Å². The number of rotatable bonds is 11. The molecule has 0 aliphatic heterocycles. The van der Waals surface area contributed by atoms with E-state index in [1.165, 1.54) is 0 Å². The van der Waals surface area contributed by atoms with Gasteiger partial charge in [-0.05, 0) is 41.7 Å². The highest BCUT2D eigenvalue weighted by Gasteiger charge is 2.27. The van der Waals surface area contributed by atoms with Gasteiger partial charge >= 0.3 is 11.9 Å². The van der Waals surface area contributed by atoms with Gasteiger partial charge in [-0.2, -0.15) is 0 Å². The molecule has 2 aromatic carbocycles. The number of carbonyl (C=O) groups is 2. The minimum absolute atomic E-state index is 0.100. The lowest BCUT2D eigenvalue weighted by atomic mass is 10.00. The highest BCUT2D eigenvalue weighted by atomic mass is 35.5. The van der Waals surface area contributed by atoms with E-state index >= 15 is 0 Å². The Morgan fingerprint density at radius 2 is 1.72 bits per heavy atom. The molecule has 0 amide bonds. The number of carboxylic acid groups (broad SMARTS) is 2. The largest absolute Gasteiger partial charge is 0.489 e. The van der Waals surface area contributed by atoms with Crippen molar-refractivity contribution in [3.05, 3.63) is 64.7 Å². The summed E-state index contributed by atoms with van der Waals surface area (Å²) in [4.78, 5) is 23.3. The van der Waals surface area contributed by atoms with E-state index in [2.05, 4.69) is 5.32 Å². The summed E-state index contributed by atoms with van der Waals surface area (Å²) in [5.74, 6) is -1.50. The van der Waals surface area contributed by atoms with Crippen molar-refractivity contribution in [1.82, 2.24) is 5.32 Å². The van der Waals surface area contributed by atoms with Crippen LogP contribution in [-0.4, -0.2) is 34.2 Å². The minimum atomic E-state index is -1.11. The molecule has 0 saturated heterocycles. The summed E-state index contributed by atoms with van der Waals surface area (Å²) < 4.78 is 5.88. The first-order chi connectivity index (χ1) is 13.8. The van der Waals surface area contributed by atoms with Crippen LogP contribution < -0.4 is 10.1 Å². The maximum Gasteiger partial charge on any atom is 0.321 e. The van der Waals surface area contributed by atoms with Crippen LogP contribution in [-0.2, 0) is 22.6 Å². The molecule has 156 valence electrons. The molecule has 2 atom stereocenters. The van der Waals surface area contributed by atoms with Crippen molar-refractivity contribution >= 4 is 23.5 Å². The third-order valence-corrected chi connectivity index (χ3v) is 4.62. The second-order valence-electron chi connectivity index (χ2n) is 7.31. The molecule has 29 heavy (non-hydrogen) atoms. The van der Waals surface area contributed by atoms with Gasteiger partial charge in [-0.15, -0.1) is 0 Å². The second-order valence-corrected chi connectivity index (χ2v) is 7.74. The Labute approximate surface area is 175 Å². The Bertz CT molecular complexity index is 839. The molecule has 0 saturated carbocycles. The lowest BCUT2D eigenvalue weighted by molar-refractivity contribution is -0.142. The van der Waals surface area contributed by atoms with Gasteiger partial charge in [0, 0.05) is 11.4 Å². The van der Waals surface area contributed by atoms with Crippen molar-refractivity contribution in [3.8, 4) is 5.75 Å². The van der Waals surface area contributed by atoms with Crippen LogP contribution in [0.3, 0.4) is 0 Å². The van der Waals surface area contributed by atoms with Crippen molar-refractivity contribution < 1.29 is 24.5 Å². The molecule has 0 spiro atoms. The number of halogens is 1. The van der Waals surface area contributed by atoms with Gasteiger partial charge in [-0.1, -0.05) is 55.8 Å². The molecule has 0 unspecified atom stereocenters. The van der Waals surface area contributed by atoms with E-state index in [-0.39, 0.29) is 18.9 Å². The molecule has 0 aliphatic carbocycles. The average molecular weight is 420 g/mol. The topological polar surface area (TPSA) is 95.9 Å². The third-order valence-electron chi connectivity index (χ3n) is 4.39. The van der Waals surface area contributed by atoms with E-state index in [1.54, 1.807) is 36.4 Å². The normalized spacial score (nSPS) is 13.1. The van der Waals surface area contributed by atoms with E-state index in [0.29, 0.717) is 22.8 Å². The Hall–Kier alpha value is -2.57. The zero-order valence-electron chi connectivity index (χ0n) is 16.5. The molecule has 6 nitrogen and oxygen atoms in total. The van der Waals surface area contributed by atoms with Crippen LogP contribution in [0.1, 0.15) is 31.4 Å². The van der Waals surface area contributed by atoms with Crippen LogP contribution in [0.15, 0.2) is 48.5 Å². The van der Waals surface area contributed by atoms with Gasteiger partial charge in [0.05, 0.1) is 0 Å². The number of hydrogen-bond donors (Lipinski definition) is 3. The Kier molecular flexibility index (Phi) is 8.49. The quantitative estimate of drug-likeness (QED) is 0.509. The molecule has 0 heterocycles. The fraction of sp³-hybridized carbons (Fsp3) is 0.364. The van der Waals surface area contributed by atoms with Gasteiger partial charge in [0.15, 0.2) is 0 Å². The van der Waals surface area contributed by atoms with Crippen molar-refractivity contribution in [2.75, 3.05) is 0 Å². The average Bonchev–Trinajstić information content (AvgIpc) is 2.65. The molecule has 0 radical (unpaired) electrons. The van der Waals surface area contributed by atoms with Crippen molar-refractivity contribution in [1.29, 1.82) is 0 Å². The molecular formula is C22H26ClNO5. The minimum Gasteiger partial charge on any atom is -0.489 e. The molecular weight excluding hydrogens is 394 g/mol. The fourth-order valence-electron chi connectivity index (χ4n) is 2.99. The van der Waals surface area contributed by atoms with E-state index in [4.69, 9.17) is 16.3 Å². The van der Waals surface area contributed by atoms with Gasteiger partial charge in [-0.25, -0.2) is 0 Å². The summed E-state index contributed by atoms with van der Waals surface area (Å²) in [6.07, 6.45) is 0.439. The number of hydrogen-bond acceptors (Lipinski definition) is 4. The van der Waals surface area contributed by atoms with Gasteiger partial charge < -0.3 is 14.9 Å². The first-order valence-corrected chi connectivity index (χ1v) is 9.81. The lowest BCUT2D eigenvalue weighted by Gasteiger charge is -2.22. The fourth-order valence-corrected chi connectivity index (χ4v) is 3.21. The van der Waals surface area contributed by atoms with Gasteiger partial charge in [0.2, 0.25) is 0 Å². The number of nitrogens with one attached hydrogen (secondary N) is 1. The van der Waals surface area contributed by atoms with Crippen molar-refractivity contribution in [2.45, 2.75) is 45.4 Å². The lowest BCUT2D eigenvalue weighted by Crippen LogP contribution is -2.48. The Balaban J connectivity index is 2.13. The molecule has 0 fully saturated rings. The van der Waals surface area contributed by atoms with Crippen LogP contribution in [0.5, 0.6) is 5.75 Å². The third kappa shape index (κ3) is 7.40. The summed E-state index contributed by atoms with van der Waals surface area (Å²) in [5.41, 5.74) is 1.58. The van der Waals surface area contributed by atoms with E-state index in [1.807, 2.05) is 26.0 Å². The summed E-state index contributed by atoms with van der Waals surface area (Å²) in [7, 11) is 0. The monoisotopic (exact) mass is 419 g/mol. The van der Waals surface area contributed by atoms with Crippen LogP contribution in [0.2, 0.25) is 5.02 Å². The molecule has 3 N–H and O–H groups in total. The summed E-state index contributed by atoms with van der Waals surface area (Å²) in [5, 5.41) is 22.4. The summed E-state index contributed by atoms with van der Waals surface area (Å²) in [6, 6.07) is 12.5. The molecule has 0 aromatic heterocycles. The van der Waals surface area contributed by atoms with Crippen LogP contribution >= 0.6 is 11.6 Å². The predicted octanol–water partition coefficient (Wildman–Crippen LogP) is 4.00. The van der Waals surface area contributed by atoms with Crippen LogP contribution in [0.25, 0.3) is 0 Å². The van der Waals surface area contributed by atoms with Crippen LogP contribution in [0, 0.1) is 5.92 Å². The zero-order valence-corrected chi connectivity index (χ0v) is 17.2. The first-order valence-electron chi connectivity index (χ1n) is 9.43. The van der Waals surface area contributed by atoms with Gasteiger partial charge in [0.25, 0.3) is 0 Å². The predicted molar refractivity (Wildman–Crippen MR) is 111 cm³/mol. The SMILES string of the molecule is CC(C)C[C@H](N[C@@H](Cc1ccccc1OCc1cccc(Cl)c1)C(=O)O)C(=O)O. The molecule has 2 aromatic rings. The summed E-state index contributed by atoms with van der Waals surface area (Å²) in [6.45, 7) is 4.08. The molecule has 7 heteroatoms. The Morgan fingerprint density at radius 3 is 2.34 bits per heavy atom. The smallest absolute Gasteiger partial charge is 0.321 e. The number of ether oxygens (including phenoxy) is 1. The first kappa shape index (κ1) is 22.7. The van der Waals surface area contributed by atoms with Gasteiger partial charge in [-0.3, -0.25) is 14.9 Å². The zero-order chi connectivity index (χ0) is 21.4.